The normalized spacial score (nSPS) is 11.2. The summed E-state index contributed by atoms with van der Waals surface area (Å²) in [6, 6.07) is 6.11. The summed E-state index contributed by atoms with van der Waals surface area (Å²) in [4.78, 5) is 4.48. The van der Waals surface area contributed by atoms with Crippen LogP contribution in [-0.4, -0.2) is 14.8 Å². The predicted molar refractivity (Wildman–Crippen MR) is 76.8 cm³/mol. The maximum absolute atomic E-state index is 4.51. The maximum atomic E-state index is 4.51. The van der Waals surface area contributed by atoms with Crippen LogP contribution in [0.3, 0.4) is 0 Å². The van der Waals surface area contributed by atoms with Crippen molar-refractivity contribution in [2.24, 2.45) is 7.05 Å². The molecule has 0 saturated heterocycles. The second kappa shape index (κ2) is 5.97. The van der Waals surface area contributed by atoms with Gasteiger partial charge in [-0.2, -0.15) is 5.10 Å². The van der Waals surface area contributed by atoms with Gasteiger partial charge in [-0.15, -0.1) is 0 Å². The Morgan fingerprint density at radius 1 is 1.26 bits per heavy atom. The summed E-state index contributed by atoms with van der Waals surface area (Å²) in [6.45, 7) is 7.98. The number of hydrogen-bond donors (Lipinski definition) is 1. The van der Waals surface area contributed by atoms with Crippen LogP contribution in [-0.2, 0) is 20.1 Å². The molecular weight excluding hydrogens is 236 g/mol. The van der Waals surface area contributed by atoms with Gasteiger partial charge in [-0.1, -0.05) is 19.9 Å². The molecule has 4 heteroatoms. The van der Waals surface area contributed by atoms with E-state index >= 15 is 0 Å². The van der Waals surface area contributed by atoms with E-state index in [1.165, 1.54) is 11.3 Å². The molecule has 2 rings (SSSR count). The minimum atomic E-state index is 0.454. The SMILES string of the molecule is Cc1cccc(CNCc2cn(C)nc2C(C)C)n1. The van der Waals surface area contributed by atoms with Crippen LogP contribution in [0.25, 0.3) is 0 Å². The third kappa shape index (κ3) is 3.64. The van der Waals surface area contributed by atoms with Crippen molar-refractivity contribution in [2.45, 2.75) is 39.8 Å². The van der Waals surface area contributed by atoms with E-state index in [0.29, 0.717) is 5.92 Å². The first kappa shape index (κ1) is 13.7. The third-order valence-corrected chi connectivity index (χ3v) is 3.05. The van der Waals surface area contributed by atoms with Crippen LogP contribution < -0.4 is 5.32 Å². The number of aryl methyl sites for hydroxylation is 2. The first-order valence-electron chi connectivity index (χ1n) is 6.72. The van der Waals surface area contributed by atoms with Gasteiger partial charge in [-0.05, 0) is 25.0 Å². The van der Waals surface area contributed by atoms with E-state index < -0.39 is 0 Å². The van der Waals surface area contributed by atoms with Crippen LogP contribution in [0.2, 0.25) is 0 Å². The molecule has 0 aliphatic rings. The van der Waals surface area contributed by atoms with Crippen LogP contribution in [0.1, 0.15) is 42.4 Å². The number of rotatable bonds is 5. The summed E-state index contributed by atoms with van der Waals surface area (Å²) in [5, 5.41) is 7.95. The fraction of sp³-hybridized carbons (Fsp3) is 0.467. The molecule has 0 amide bonds. The van der Waals surface area contributed by atoms with Crippen LogP contribution in [0.5, 0.6) is 0 Å². The van der Waals surface area contributed by atoms with Gasteiger partial charge in [0, 0.05) is 37.6 Å². The van der Waals surface area contributed by atoms with Crippen molar-refractivity contribution in [3.63, 3.8) is 0 Å². The Balaban J connectivity index is 1.96. The van der Waals surface area contributed by atoms with E-state index in [9.17, 15) is 0 Å². The molecular formula is C15H22N4. The second-order valence-corrected chi connectivity index (χ2v) is 5.24. The van der Waals surface area contributed by atoms with Crippen molar-refractivity contribution in [3.8, 4) is 0 Å². The fourth-order valence-corrected chi connectivity index (χ4v) is 2.20. The molecule has 0 radical (unpaired) electrons. The number of nitrogens with one attached hydrogen (secondary N) is 1. The summed E-state index contributed by atoms with van der Waals surface area (Å²) >= 11 is 0. The van der Waals surface area contributed by atoms with Crippen molar-refractivity contribution in [3.05, 3.63) is 47.0 Å². The Morgan fingerprint density at radius 3 is 2.74 bits per heavy atom. The first-order valence-corrected chi connectivity index (χ1v) is 6.72. The lowest BCUT2D eigenvalue weighted by atomic mass is 10.1. The average Bonchev–Trinajstić information content (AvgIpc) is 2.71. The van der Waals surface area contributed by atoms with E-state index in [4.69, 9.17) is 0 Å². The fourth-order valence-electron chi connectivity index (χ4n) is 2.20. The van der Waals surface area contributed by atoms with Crippen molar-refractivity contribution in [2.75, 3.05) is 0 Å². The molecule has 0 aliphatic carbocycles. The van der Waals surface area contributed by atoms with Gasteiger partial charge in [-0.3, -0.25) is 9.67 Å². The largest absolute Gasteiger partial charge is 0.307 e. The van der Waals surface area contributed by atoms with E-state index in [1.54, 1.807) is 0 Å². The van der Waals surface area contributed by atoms with Crippen molar-refractivity contribution in [1.29, 1.82) is 0 Å². The van der Waals surface area contributed by atoms with Crippen LogP contribution in [0, 0.1) is 6.92 Å². The minimum absolute atomic E-state index is 0.454. The molecule has 102 valence electrons. The summed E-state index contributed by atoms with van der Waals surface area (Å²) in [5.41, 5.74) is 4.58. The zero-order chi connectivity index (χ0) is 13.8. The Kier molecular flexibility index (Phi) is 4.32. The highest BCUT2D eigenvalue weighted by atomic mass is 15.3. The van der Waals surface area contributed by atoms with E-state index in [1.807, 2.05) is 36.9 Å². The summed E-state index contributed by atoms with van der Waals surface area (Å²) < 4.78 is 1.89. The summed E-state index contributed by atoms with van der Waals surface area (Å²) in [5.74, 6) is 0.454. The average molecular weight is 258 g/mol. The highest BCUT2D eigenvalue weighted by Gasteiger charge is 2.10. The first-order chi connectivity index (χ1) is 9.06. The Bertz CT molecular complexity index is 543. The molecule has 4 nitrogen and oxygen atoms in total. The second-order valence-electron chi connectivity index (χ2n) is 5.24. The molecule has 1 N–H and O–H groups in total. The molecule has 0 saturated carbocycles. The Hall–Kier alpha value is -1.68. The monoisotopic (exact) mass is 258 g/mol. The number of hydrogen-bond acceptors (Lipinski definition) is 3. The van der Waals surface area contributed by atoms with Gasteiger partial charge in [0.25, 0.3) is 0 Å². The molecule has 0 unspecified atom stereocenters. The Morgan fingerprint density at radius 2 is 2.05 bits per heavy atom. The van der Waals surface area contributed by atoms with Crippen LogP contribution in [0.15, 0.2) is 24.4 Å². The van der Waals surface area contributed by atoms with E-state index in [0.717, 1.165) is 24.5 Å². The molecule has 0 aliphatic heterocycles. The quantitative estimate of drug-likeness (QED) is 0.896. The predicted octanol–water partition coefficient (Wildman–Crippen LogP) is 2.54. The summed E-state index contributed by atoms with van der Waals surface area (Å²) in [7, 11) is 1.97. The lowest BCUT2D eigenvalue weighted by Crippen LogP contribution is -2.14. The lowest BCUT2D eigenvalue weighted by molar-refractivity contribution is 0.666. The van der Waals surface area contributed by atoms with Crippen LogP contribution >= 0.6 is 0 Å². The van der Waals surface area contributed by atoms with Gasteiger partial charge in [0.2, 0.25) is 0 Å². The summed E-state index contributed by atoms with van der Waals surface area (Å²) in [6.07, 6.45) is 2.09. The Labute approximate surface area is 114 Å². The van der Waals surface area contributed by atoms with Crippen molar-refractivity contribution < 1.29 is 0 Å². The van der Waals surface area contributed by atoms with E-state index in [2.05, 4.69) is 35.4 Å². The zero-order valence-electron chi connectivity index (χ0n) is 12.1. The molecule has 2 heterocycles. The van der Waals surface area contributed by atoms with Gasteiger partial charge < -0.3 is 5.32 Å². The van der Waals surface area contributed by atoms with Gasteiger partial charge in [0.05, 0.1) is 11.4 Å². The standard InChI is InChI=1S/C15H22N4/c1-11(2)15-13(10-19(4)18-15)8-16-9-14-7-5-6-12(3)17-14/h5-7,10-11,16H,8-9H2,1-4H3. The molecule has 0 spiro atoms. The third-order valence-electron chi connectivity index (χ3n) is 3.05. The van der Waals surface area contributed by atoms with Gasteiger partial charge in [0.15, 0.2) is 0 Å². The molecule has 19 heavy (non-hydrogen) atoms. The smallest absolute Gasteiger partial charge is 0.0694 e. The van der Waals surface area contributed by atoms with Crippen molar-refractivity contribution in [1.82, 2.24) is 20.1 Å². The van der Waals surface area contributed by atoms with Gasteiger partial charge in [0.1, 0.15) is 0 Å². The number of nitrogens with zero attached hydrogens (tertiary/aromatic N) is 3. The molecule has 2 aromatic rings. The zero-order valence-corrected chi connectivity index (χ0v) is 12.1. The van der Waals surface area contributed by atoms with E-state index in [-0.39, 0.29) is 0 Å². The molecule has 0 bridgehead atoms. The van der Waals surface area contributed by atoms with Gasteiger partial charge in [-0.25, -0.2) is 0 Å². The number of aromatic nitrogens is 3. The lowest BCUT2D eigenvalue weighted by Gasteiger charge is -2.07. The van der Waals surface area contributed by atoms with Gasteiger partial charge >= 0.3 is 0 Å². The topological polar surface area (TPSA) is 42.7 Å². The number of pyridine rings is 1. The molecule has 0 fully saturated rings. The molecule has 2 aromatic heterocycles. The molecule has 0 atom stereocenters. The maximum Gasteiger partial charge on any atom is 0.0694 e. The molecule has 0 aromatic carbocycles. The highest BCUT2D eigenvalue weighted by molar-refractivity contribution is 5.20. The van der Waals surface area contributed by atoms with Crippen LogP contribution in [0.4, 0.5) is 0 Å². The minimum Gasteiger partial charge on any atom is -0.307 e. The highest BCUT2D eigenvalue weighted by Crippen LogP contribution is 2.16. The van der Waals surface area contributed by atoms with Crippen molar-refractivity contribution >= 4 is 0 Å².